The molecule has 17 heavy (non-hydrogen) atoms. The van der Waals surface area contributed by atoms with E-state index in [0.29, 0.717) is 5.88 Å². The van der Waals surface area contributed by atoms with Crippen LogP contribution in [-0.4, -0.2) is 15.4 Å². The second-order valence-corrected chi connectivity index (χ2v) is 5.31. The molecule has 1 aromatic heterocycles. The van der Waals surface area contributed by atoms with Crippen LogP contribution >= 0.6 is 11.6 Å². The molecule has 1 aliphatic rings. The van der Waals surface area contributed by atoms with Gasteiger partial charge in [-0.2, -0.15) is 0 Å². The Kier molecular flexibility index (Phi) is 2.40. The molecule has 1 heterocycles. The van der Waals surface area contributed by atoms with Gasteiger partial charge in [0.2, 0.25) is 0 Å². The number of fused-ring (bicyclic) bond motifs is 1. The van der Waals surface area contributed by atoms with Crippen LogP contribution < -0.4 is 0 Å². The normalized spacial score (nSPS) is 17.6. The Labute approximate surface area is 104 Å². The first kappa shape index (κ1) is 11.0. The fraction of sp³-hybridized carbons (Fsp3) is 0.462. The van der Waals surface area contributed by atoms with Crippen molar-refractivity contribution in [3.05, 3.63) is 29.8 Å². The minimum atomic E-state index is -0.208. The van der Waals surface area contributed by atoms with Gasteiger partial charge in [0.15, 0.2) is 0 Å². The van der Waals surface area contributed by atoms with E-state index in [0.717, 1.165) is 36.1 Å². The Bertz CT molecular complexity index is 572. The number of nitrogens with zero attached hydrogens (tertiary/aromatic N) is 2. The Morgan fingerprint density at radius 1 is 1.47 bits per heavy atom. The van der Waals surface area contributed by atoms with E-state index in [2.05, 4.69) is 16.5 Å². The van der Waals surface area contributed by atoms with Gasteiger partial charge in [0, 0.05) is 17.8 Å². The van der Waals surface area contributed by atoms with Gasteiger partial charge in [-0.3, -0.25) is 0 Å². The van der Waals surface area contributed by atoms with Crippen molar-refractivity contribution in [2.45, 2.75) is 31.7 Å². The maximum Gasteiger partial charge on any atom is 0.125 e. The number of benzene rings is 1. The third-order valence-electron chi connectivity index (χ3n) is 3.52. The van der Waals surface area contributed by atoms with Crippen molar-refractivity contribution in [2.24, 2.45) is 0 Å². The van der Waals surface area contributed by atoms with Crippen LogP contribution in [0.5, 0.6) is 0 Å². The molecule has 1 aromatic carbocycles. The summed E-state index contributed by atoms with van der Waals surface area (Å²) in [6.45, 7) is 2.19. The molecule has 0 spiro atoms. The highest BCUT2D eigenvalue weighted by atomic mass is 35.5. The van der Waals surface area contributed by atoms with Gasteiger partial charge < -0.3 is 4.57 Å². The Morgan fingerprint density at radius 2 is 2.24 bits per heavy atom. The van der Waals surface area contributed by atoms with Crippen molar-refractivity contribution < 1.29 is 4.39 Å². The molecule has 0 radical (unpaired) electrons. The second kappa shape index (κ2) is 3.70. The predicted molar refractivity (Wildman–Crippen MR) is 67.0 cm³/mol. The highest BCUT2D eigenvalue weighted by Crippen LogP contribution is 2.45. The minimum absolute atomic E-state index is 0.115. The molecule has 90 valence electrons. The lowest BCUT2D eigenvalue weighted by molar-refractivity contribution is 0.524. The molecule has 0 atom stereocenters. The number of hydrogen-bond donors (Lipinski definition) is 0. The first-order valence-electron chi connectivity index (χ1n) is 5.87. The zero-order chi connectivity index (χ0) is 12.0. The largest absolute Gasteiger partial charge is 0.322 e. The molecular weight excluding hydrogens is 239 g/mol. The summed E-state index contributed by atoms with van der Waals surface area (Å²) in [6.07, 6.45) is 2.99. The van der Waals surface area contributed by atoms with Crippen molar-refractivity contribution >= 4 is 22.6 Å². The maximum absolute atomic E-state index is 13.4. The summed E-state index contributed by atoms with van der Waals surface area (Å²) in [5, 5.41) is 0. The Balaban J connectivity index is 2.25. The van der Waals surface area contributed by atoms with Gasteiger partial charge in [0.25, 0.3) is 0 Å². The highest BCUT2D eigenvalue weighted by Gasteiger charge is 2.41. The molecule has 0 bridgehead atoms. The van der Waals surface area contributed by atoms with E-state index in [-0.39, 0.29) is 11.4 Å². The van der Waals surface area contributed by atoms with Gasteiger partial charge in [-0.15, -0.1) is 11.6 Å². The molecule has 2 aromatic rings. The quantitative estimate of drug-likeness (QED) is 0.765. The summed E-state index contributed by atoms with van der Waals surface area (Å²) in [4.78, 5) is 4.56. The minimum Gasteiger partial charge on any atom is -0.322 e. The number of imidazole rings is 1. The number of aryl methyl sites for hydroxylation is 1. The van der Waals surface area contributed by atoms with Crippen LogP contribution in [-0.2, 0) is 12.0 Å². The standard InChI is InChI=1S/C13H14ClFN2/c1-13(5-6-13)17-11-8-9(15)2-3-10(11)16-12(17)4-7-14/h2-3,8H,4-7H2,1H3. The molecule has 1 aliphatic carbocycles. The van der Waals surface area contributed by atoms with Crippen molar-refractivity contribution in [1.82, 2.24) is 9.55 Å². The van der Waals surface area contributed by atoms with E-state index in [1.165, 1.54) is 6.07 Å². The fourth-order valence-electron chi connectivity index (χ4n) is 2.36. The molecule has 3 rings (SSSR count). The van der Waals surface area contributed by atoms with Crippen molar-refractivity contribution in [2.75, 3.05) is 5.88 Å². The average molecular weight is 253 g/mol. The van der Waals surface area contributed by atoms with E-state index < -0.39 is 0 Å². The molecule has 0 aliphatic heterocycles. The van der Waals surface area contributed by atoms with E-state index in [4.69, 9.17) is 11.6 Å². The molecule has 0 unspecified atom stereocenters. The number of alkyl halides is 1. The summed E-state index contributed by atoms with van der Waals surface area (Å²) in [5.74, 6) is 1.31. The molecule has 2 nitrogen and oxygen atoms in total. The number of aromatic nitrogens is 2. The molecular formula is C13H14ClFN2. The summed E-state index contributed by atoms with van der Waals surface area (Å²) in [5.41, 5.74) is 1.87. The van der Waals surface area contributed by atoms with Gasteiger partial charge >= 0.3 is 0 Å². The van der Waals surface area contributed by atoms with E-state index in [1.807, 2.05) is 0 Å². The zero-order valence-electron chi connectivity index (χ0n) is 9.71. The van der Waals surface area contributed by atoms with E-state index >= 15 is 0 Å². The number of rotatable bonds is 3. The third-order valence-corrected chi connectivity index (χ3v) is 3.71. The van der Waals surface area contributed by atoms with Gasteiger partial charge in [-0.1, -0.05) is 0 Å². The van der Waals surface area contributed by atoms with Crippen LogP contribution in [0.4, 0.5) is 4.39 Å². The lowest BCUT2D eigenvalue weighted by atomic mass is 10.2. The van der Waals surface area contributed by atoms with Crippen LogP contribution in [0.2, 0.25) is 0 Å². The van der Waals surface area contributed by atoms with E-state index in [1.54, 1.807) is 12.1 Å². The summed E-state index contributed by atoms with van der Waals surface area (Å²) in [6, 6.07) is 4.77. The van der Waals surface area contributed by atoms with Gasteiger partial charge in [0.1, 0.15) is 11.6 Å². The third kappa shape index (κ3) is 1.73. The molecule has 1 saturated carbocycles. The predicted octanol–water partition coefficient (Wildman–Crippen LogP) is 3.47. The van der Waals surface area contributed by atoms with Crippen LogP contribution in [0.25, 0.3) is 11.0 Å². The van der Waals surface area contributed by atoms with Crippen LogP contribution in [0.3, 0.4) is 0 Å². The van der Waals surface area contributed by atoms with Gasteiger partial charge in [-0.25, -0.2) is 9.37 Å². The van der Waals surface area contributed by atoms with Crippen molar-refractivity contribution in [3.63, 3.8) is 0 Å². The molecule has 0 saturated heterocycles. The lowest BCUT2D eigenvalue weighted by Gasteiger charge is -2.15. The average Bonchev–Trinajstić information content (AvgIpc) is 2.91. The SMILES string of the molecule is CC1(n2c(CCCl)nc3ccc(F)cc32)CC1. The Morgan fingerprint density at radius 3 is 2.88 bits per heavy atom. The van der Waals surface area contributed by atoms with Crippen LogP contribution in [0, 0.1) is 5.82 Å². The first-order valence-corrected chi connectivity index (χ1v) is 6.41. The van der Waals surface area contributed by atoms with Gasteiger partial charge in [-0.05, 0) is 38.0 Å². The Hall–Kier alpha value is -1.09. The number of hydrogen-bond acceptors (Lipinski definition) is 1. The highest BCUT2D eigenvalue weighted by molar-refractivity contribution is 6.17. The smallest absolute Gasteiger partial charge is 0.125 e. The van der Waals surface area contributed by atoms with Crippen LogP contribution in [0.1, 0.15) is 25.6 Å². The van der Waals surface area contributed by atoms with Crippen LogP contribution in [0.15, 0.2) is 18.2 Å². The van der Waals surface area contributed by atoms with Crippen molar-refractivity contribution in [1.29, 1.82) is 0 Å². The zero-order valence-corrected chi connectivity index (χ0v) is 10.5. The maximum atomic E-state index is 13.4. The van der Waals surface area contributed by atoms with Crippen molar-refractivity contribution in [3.8, 4) is 0 Å². The molecule has 0 amide bonds. The lowest BCUT2D eigenvalue weighted by Crippen LogP contribution is -2.16. The van der Waals surface area contributed by atoms with E-state index in [9.17, 15) is 4.39 Å². The molecule has 0 N–H and O–H groups in total. The summed E-state index contributed by atoms with van der Waals surface area (Å²) in [7, 11) is 0. The molecule has 1 fully saturated rings. The summed E-state index contributed by atoms with van der Waals surface area (Å²) < 4.78 is 15.5. The topological polar surface area (TPSA) is 17.8 Å². The summed E-state index contributed by atoms with van der Waals surface area (Å²) >= 11 is 5.81. The second-order valence-electron chi connectivity index (χ2n) is 4.93. The first-order chi connectivity index (χ1) is 8.14. The number of halogens is 2. The monoisotopic (exact) mass is 252 g/mol. The fourth-order valence-corrected chi connectivity index (χ4v) is 2.53. The van der Waals surface area contributed by atoms with Gasteiger partial charge in [0.05, 0.1) is 11.0 Å². The molecule has 4 heteroatoms.